The van der Waals surface area contributed by atoms with Crippen LogP contribution in [0.5, 0.6) is 5.75 Å². The van der Waals surface area contributed by atoms with E-state index in [1.807, 2.05) is 24.3 Å². The second-order valence-corrected chi connectivity index (χ2v) is 5.03. The van der Waals surface area contributed by atoms with Crippen LogP contribution in [0.3, 0.4) is 0 Å². The van der Waals surface area contributed by atoms with Crippen LogP contribution in [0, 0.1) is 0 Å². The number of rotatable bonds is 8. The normalized spacial score (nSPS) is 16.6. The molecule has 0 radical (unpaired) electrons. The fourth-order valence-electron chi connectivity index (χ4n) is 2.18. The van der Waals surface area contributed by atoms with Gasteiger partial charge in [-0.25, -0.2) is 0 Å². The van der Waals surface area contributed by atoms with Crippen molar-refractivity contribution in [1.82, 2.24) is 5.32 Å². The maximum atomic E-state index is 12.0. The molecule has 1 atom stereocenters. The molecule has 110 valence electrons. The molecular weight excluding hydrogens is 254 g/mol. The van der Waals surface area contributed by atoms with Crippen molar-refractivity contribution in [3.05, 3.63) is 29.8 Å². The summed E-state index contributed by atoms with van der Waals surface area (Å²) >= 11 is 0. The van der Waals surface area contributed by atoms with E-state index in [0.29, 0.717) is 19.6 Å². The molecule has 1 heterocycles. The first-order valence-corrected chi connectivity index (χ1v) is 7.41. The van der Waals surface area contributed by atoms with E-state index in [-0.39, 0.29) is 12.0 Å². The van der Waals surface area contributed by atoms with Crippen LogP contribution in [-0.4, -0.2) is 31.8 Å². The molecule has 1 aliphatic rings. The third-order valence-corrected chi connectivity index (χ3v) is 3.35. The number of amides is 1. The van der Waals surface area contributed by atoms with E-state index in [1.54, 1.807) is 0 Å². The molecule has 0 bridgehead atoms. The Labute approximate surface area is 120 Å². The number of ether oxygens (including phenoxy) is 2. The van der Waals surface area contributed by atoms with E-state index >= 15 is 0 Å². The molecule has 1 amide bonds. The van der Waals surface area contributed by atoms with Crippen molar-refractivity contribution in [2.24, 2.45) is 0 Å². The molecular formula is C16H23NO3. The van der Waals surface area contributed by atoms with Crippen molar-refractivity contribution in [3.8, 4) is 5.75 Å². The van der Waals surface area contributed by atoms with Gasteiger partial charge in [0.15, 0.2) is 6.10 Å². The van der Waals surface area contributed by atoms with Crippen molar-refractivity contribution < 1.29 is 14.3 Å². The van der Waals surface area contributed by atoms with E-state index < -0.39 is 0 Å². The van der Waals surface area contributed by atoms with Gasteiger partial charge in [-0.2, -0.15) is 0 Å². The number of carbonyl (C=O) groups excluding carboxylic acids is 1. The highest BCUT2D eigenvalue weighted by Gasteiger charge is 2.28. The molecule has 2 rings (SSSR count). The topological polar surface area (TPSA) is 47.6 Å². The number of hydrogen-bond acceptors (Lipinski definition) is 3. The zero-order chi connectivity index (χ0) is 14.2. The lowest BCUT2D eigenvalue weighted by atomic mass is 10.1. The Morgan fingerprint density at radius 3 is 2.95 bits per heavy atom. The highest BCUT2D eigenvalue weighted by atomic mass is 16.5. The fraction of sp³-hybridized carbons (Fsp3) is 0.562. The quantitative estimate of drug-likeness (QED) is 0.742. The molecule has 1 aromatic carbocycles. The Balaban J connectivity index is 1.60. The van der Waals surface area contributed by atoms with E-state index in [4.69, 9.17) is 9.47 Å². The number of unbranched alkanes of at least 4 members (excludes halogenated alkanes) is 1. The Morgan fingerprint density at radius 1 is 1.35 bits per heavy atom. The first kappa shape index (κ1) is 14.9. The van der Waals surface area contributed by atoms with Gasteiger partial charge in [-0.1, -0.05) is 31.5 Å². The molecule has 0 aromatic heterocycles. The first-order valence-electron chi connectivity index (χ1n) is 7.41. The highest BCUT2D eigenvalue weighted by molar-refractivity contribution is 5.82. The summed E-state index contributed by atoms with van der Waals surface area (Å²) < 4.78 is 11.1. The van der Waals surface area contributed by atoms with Crippen molar-refractivity contribution >= 4 is 5.91 Å². The number of para-hydroxylation sites is 1. The van der Waals surface area contributed by atoms with Gasteiger partial charge in [0.2, 0.25) is 0 Å². The first-order chi connectivity index (χ1) is 9.81. The summed E-state index contributed by atoms with van der Waals surface area (Å²) in [5.74, 6) is 0.797. The number of benzene rings is 1. The molecule has 1 aliphatic heterocycles. The number of carbonyl (C=O) groups is 1. The van der Waals surface area contributed by atoms with Crippen molar-refractivity contribution in [3.63, 3.8) is 0 Å². The number of fused-ring (bicyclic) bond motifs is 1. The SMILES string of the molecule is CCCCOCCCNC(=O)C1Cc2ccccc2O1. The Bertz CT molecular complexity index is 408. The van der Waals surface area contributed by atoms with Gasteiger partial charge in [0, 0.05) is 26.2 Å². The van der Waals surface area contributed by atoms with Crippen LogP contribution in [-0.2, 0) is 16.0 Å². The average Bonchev–Trinajstić information content (AvgIpc) is 2.90. The van der Waals surface area contributed by atoms with Crippen molar-refractivity contribution in [2.45, 2.75) is 38.7 Å². The van der Waals surface area contributed by atoms with Gasteiger partial charge in [-0.15, -0.1) is 0 Å². The minimum absolute atomic E-state index is 0.0326. The molecule has 1 aromatic rings. The van der Waals surface area contributed by atoms with Crippen LogP contribution in [0.1, 0.15) is 31.7 Å². The fourth-order valence-corrected chi connectivity index (χ4v) is 2.18. The van der Waals surface area contributed by atoms with Crippen LogP contribution in [0.2, 0.25) is 0 Å². The largest absolute Gasteiger partial charge is 0.480 e. The minimum Gasteiger partial charge on any atom is -0.480 e. The molecule has 4 heteroatoms. The molecule has 4 nitrogen and oxygen atoms in total. The maximum absolute atomic E-state index is 12.0. The van der Waals surface area contributed by atoms with Gasteiger partial charge in [-0.05, 0) is 24.5 Å². The zero-order valence-corrected chi connectivity index (χ0v) is 12.1. The average molecular weight is 277 g/mol. The molecule has 0 fully saturated rings. The van der Waals surface area contributed by atoms with Crippen molar-refractivity contribution in [2.75, 3.05) is 19.8 Å². The molecule has 1 unspecified atom stereocenters. The number of hydrogen-bond donors (Lipinski definition) is 1. The molecule has 0 spiro atoms. The third kappa shape index (κ3) is 4.23. The van der Waals surface area contributed by atoms with Crippen LogP contribution < -0.4 is 10.1 Å². The maximum Gasteiger partial charge on any atom is 0.261 e. The molecule has 0 saturated carbocycles. The van der Waals surface area contributed by atoms with Gasteiger partial charge < -0.3 is 14.8 Å². The predicted molar refractivity (Wildman–Crippen MR) is 77.9 cm³/mol. The predicted octanol–water partition coefficient (Wildman–Crippen LogP) is 2.31. The van der Waals surface area contributed by atoms with E-state index in [9.17, 15) is 4.79 Å². The summed E-state index contributed by atoms with van der Waals surface area (Å²) in [5, 5.41) is 2.91. The highest BCUT2D eigenvalue weighted by Crippen LogP contribution is 2.27. The second-order valence-electron chi connectivity index (χ2n) is 5.03. The van der Waals surface area contributed by atoms with Gasteiger partial charge in [-0.3, -0.25) is 4.79 Å². The van der Waals surface area contributed by atoms with E-state index in [1.165, 1.54) is 0 Å². The van der Waals surface area contributed by atoms with Crippen LogP contribution in [0.25, 0.3) is 0 Å². The monoisotopic (exact) mass is 277 g/mol. The second kappa shape index (κ2) is 7.90. The molecule has 20 heavy (non-hydrogen) atoms. The van der Waals surface area contributed by atoms with Crippen LogP contribution >= 0.6 is 0 Å². The summed E-state index contributed by atoms with van der Waals surface area (Å²) in [6, 6.07) is 7.80. The van der Waals surface area contributed by atoms with Crippen LogP contribution in [0.4, 0.5) is 0 Å². The zero-order valence-electron chi connectivity index (χ0n) is 12.1. The Hall–Kier alpha value is -1.55. The Morgan fingerprint density at radius 2 is 2.15 bits per heavy atom. The van der Waals surface area contributed by atoms with Gasteiger partial charge >= 0.3 is 0 Å². The van der Waals surface area contributed by atoms with Gasteiger partial charge in [0.1, 0.15) is 5.75 Å². The van der Waals surface area contributed by atoms with Gasteiger partial charge in [0.25, 0.3) is 5.91 Å². The standard InChI is InChI=1S/C16H23NO3/c1-2-3-10-19-11-6-9-17-16(18)15-12-13-7-4-5-8-14(13)20-15/h4-5,7-8,15H,2-3,6,9-12H2,1H3,(H,17,18). The Kier molecular flexibility index (Phi) is 5.87. The summed E-state index contributed by atoms with van der Waals surface area (Å²) in [6.07, 6.45) is 3.37. The third-order valence-electron chi connectivity index (χ3n) is 3.35. The molecule has 0 saturated heterocycles. The minimum atomic E-state index is -0.381. The smallest absolute Gasteiger partial charge is 0.261 e. The summed E-state index contributed by atoms with van der Waals surface area (Å²) in [5.41, 5.74) is 1.11. The lowest BCUT2D eigenvalue weighted by Gasteiger charge is -2.11. The summed E-state index contributed by atoms with van der Waals surface area (Å²) in [6.45, 7) is 4.29. The van der Waals surface area contributed by atoms with E-state index in [2.05, 4.69) is 12.2 Å². The number of nitrogens with one attached hydrogen (secondary N) is 1. The van der Waals surface area contributed by atoms with E-state index in [0.717, 1.165) is 37.2 Å². The summed E-state index contributed by atoms with van der Waals surface area (Å²) in [7, 11) is 0. The summed E-state index contributed by atoms with van der Waals surface area (Å²) in [4.78, 5) is 12.0. The lowest BCUT2D eigenvalue weighted by Crippen LogP contribution is -2.38. The molecule has 1 N–H and O–H groups in total. The van der Waals surface area contributed by atoms with Crippen LogP contribution in [0.15, 0.2) is 24.3 Å². The molecule has 0 aliphatic carbocycles. The van der Waals surface area contributed by atoms with Gasteiger partial charge in [0.05, 0.1) is 0 Å². The lowest BCUT2D eigenvalue weighted by molar-refractivity contribution is -0.127. The van der Waals surface area contributed by atoms with Crippen molar-refractivity contribution in [1.29, 1.82) is 0 Å².